The van der Waals surface area contributed by atoms with Gasteiger partial charge in [0.1, 0.15) is 5.75 Å². The average Bonchev–Trinajstić information content (AvgIpc) is 2.79. The molecular formula is C23H20N4O2. The standard InChI is InChI=1S/C23H20N4O2/c1-29-19-14-12-18(13-15-19)21-22(28)25-23(27-26-21)24-20(16-8-4-2-5-9-16)17-10-6-3-7-11-17/h2-15,20H,1H3,(H2,24,25,27,28). The van der Waals surface area contributed by atoms with Gasteiger partial charge in [-0.25, -0.2) is 0 Å². The van der Waals surface area contributed by atoms with E-state index in [9.17, 15) is 4.79 Å². The molecule has 0 aliphatic carbocycles. The lowest BCUT2D eigenvalue weighted by molar-refractivity contribution is 0.415. The highest BCUT2D eigenvalue weighted by Crippen LogP contribution is 2.25. The first-order valence-electron chi connectivity index (χ1n) is 9.22. The second-order valence-electron chi connectivity index (χ2n) is 6.48. The lowest BCUT2D eigenvalue weighted by Gasteiger charge is -2.19. The van der Waals surface area contributed by atoms with Crippen LogP contribution >= 0.6 is 0 Å². The summed E-state index contributed by atoms with van der Waals surface area (Å²) in [6.07, 6.45) is 0. The van der Waals surface area contributed by atoms with Crippen LogP contribution in [0, 0.1) is 0 Å². The fourth-order valence-electron chi connectivity index (χ4n) is 3.13. The molecule has 0 aliphatic heterocycles. The lowest BCUT2D eigenvalue weighted by Crippen LogP contribution is -2.20. The summed E-state index contributed by atoms with van der Waals surface area (Å²) in [4.78, 5) is 15.4. The maximum atomic E-state index is 12.6. The molecule has 6 nitrogen and oxygen atoms in total. The fraction of sp³-hybridized carbons (Fsp3) is 0.0870. The number of H-pyrrole nitrogens is 1. The second kappa shape index (κ2) is 8.39. The molecule has 0 radical (unpaired) electrons. The average molecular weight is 384 g/mol. The lowest BCUT2D eigenvalue weighted by atomic mass is 9.99. The zero-order valence-corrected chi connectivity index (χ0v) is 15.9. The summed E-state index contributed by atoms with van der Waals surface area (Å²) < 4.78 is 5.15. The number of rotatable bonds is 6. The largest absolute Gasteiger partial charge is 0.497 e. The number of anilines is 1. The molecule has 0 spiro atoms. The van der Waals surface area contributed by atoms with Gasteiger partial charge in [-0.05, 0) is 35.4 Å². The monoisotopic (exact) mass is 384 g/mol. The quantitative estimate of drug-likeness (QED) is 0.524. The molecule has 2 N–H and O–H groups in total. The zero-order valence-electron chi connectivity index (χ0n) is 15.9. The number of hydrogen-bond donors (Lipinski definition) is 2. The van der Waals surface area contributed by atoms with Crippen molar-refractivity contribution in [3.63, 3.8) is 0 Å². The SMILES string of the molecule is COc1ccc(-c2nnc(NC(c3ccccc3)c3ccccc3)[nH]c2=O)cc1. The van der Waals surface area contributed by atoms with E-state index in [2.05, 4.69) is 20.5 Å². The maximum Gasteiger partial charge on any atom is 0.279 e. The number of methoxy groups -OCH3 is 1. The van der Waals surface area contributed by atoms with Crippen LogP contribution in [-0.4, -0.2) is 22.3 Å². The first-order valence-corrected chi connectivity index (χ1v) is 9.22. The molecule has 144 valence electrons. The molecule has 29 heavy (non-hydrogen) atoms. The van der Waals surface area contributed by atoms with Crippen LogP contribution in [0.1, 0.15) is 17.2 Å². The van der Waals surface area contributed by atoms with E-state index in [0.717, 1.165) is 11.1 Å². The molecule has 0 aliphatic rings. The van der Waals surface area contributed by atoms with Gasteiger partial charge in [-0.15, -0.1) is 10.2 Å². The van der Waals surface area contributed by atoms with Crippen molar-refractivity contribution in [3.05, 3.63) is 106 Å². The van der Waals surface area contributed by atoms with Gasteiger partial charge in [-0.1, -0.05) is 60.7 Å². The molecule has 0 bridgehead atoms. The van der Waals surface area contributed by atoms with Crippen molar-refractivity contribution < 1.29 is 4.74 Å². The highest BCUT2D eigenvalue weighted by Gasteiger charge is 2.16. The summed E-state index contributed by atoms with van der Waals surface area (Å²) in [6.45, 7) is 0. The summed E-state index contributed by atoms with van der Waals surface area (Å²) in [5.74, 6) is 1.02. The normalized spacial score (nSPS) is 10.7. The van der Waals surface area contributed by atoms with Crippen LogP contribution in [0.3, 0.4) is 0 Å². The fourth-order valence-corrected chi connectivity index (χ4v) is 3.13. The molecule has 1 heterocycles. The minimum atomic E-state index is -0.312. The molecule has 4 rings (SSSR count). The summed E-state index contributed by atoms with van der Waals surface area (Å²) in [7, 11) is 1.60. The Morgan fingerprint density at radius 1 is 0.828 bits per heavy atom. The van der Waals surface area contributed by atoms with Crippen LogP contribution in [0.25, 0.3) is 11.3 Å². The van der Waals surface area contributed by atoms with Gasteiger partial charge in [0.2, 0.25) is 5.95 Å². The van der Waals surface area contributed by atoms with Crippen LogP contribution in [-0.2, 0) is 0 Å². The van der Waals surface area contributed by atoms with Gasteiger partial charge in [-0.3, -0.25) is 9.78 Å². The summed E-state index contributed by atoms with van der Waals surface area (Å²) in [6, 6.07) is 26.9. The third kappa shape index (κ3) is 4.16. The van der Waals surface area contributed by atoms with E-state index in [-0.39, 0.29) is 17.3 Å². The molecular weight excluding hydrogens is 364 g/mol. The molecule has 0 unspecified atom stereocenters. The van der Waals surface area contributed by atoms with Crippen molar-refractivity contribution in [2.75, 3.05) is 12.4 Å². The van der Waals surface area contributed by atoms with Gasteiger partial charge < -0.3 is 10.1 Å². The predicted octanol–water partition coefficient (Wildman–Crippen LogP) is 4.04. The van der Waals surface area contributed by atoms with Crippen molar-refractivity contribution >= 4 is 5.95 Å². The van der Waals surface area contributed by atoms with Gasteiger partial charge in [0.15, 0.2) is 5.69 Å². The van der Waals surface area contributed by atoms with E-state index in [1.54, 1.807) is 31.4 Å². The van der Waals surface area contributed by atoms with E-state index < -0.39 is 0 Å². The van der Waals surface area contributed by atoms with Gasteiger partial charge in [-0.2, -0.15) is 0 Å². The minimum Gasteiger partial charge on any atom is -0.497 e. The third-order valence-corrected chi connectivity index (χ3v) is 4.61. The van der Waals surface area contributed by atoms with E-state index in [1.807, 2.05) is 60.7 Å². The van der Waals surface area contributed by atoms with Crippen molar-refractivity contribution in [1.29, 1.82) is 0 Å². The Hall–Kier alpha value is -3.93. The number of nitrogens with zero attached hydrogens (tertiary/aromatic N) is 2. The van der Waals surface area contributed by atoms with Crippen molar-refractivity contribution in [2.24, 2.45) is 0 Å². The number of ether oxygens (including phenoxy) is 1. The first-order chi connectivity index (χ1) is 14.2. The molecule has 0 saturated heterocycles. The van der Waals surface area contributed by atoms with Gasteiger partial charge in [0.05, 0.1) is 13.2 Å². The Labute approximate surface area is 168 Å². The molecule has 0 fully saturated rings. The number of aromatic amines is 1. The Morgan fingerprint density at radius 3 is 1.93 bits per heavy atom. The molecule has 0 atom stereocenters. The topological polar surface area (TPSA) is 79.9 Å². The number of benzene rings is 3. The number of hydrogen-bond acceptors (Lipinski definition) is 5. The van der Waals surface area contributed by atoms with E-state index in [1.165, 1.54) is 0 Å². The zero-order chi connectivity index (χ0) is 20.1. The Bertz CT molecular complexity index is 1090. The van der Waals surface area contributed by atoms with Gasteiger partial charge >= 0.3 is 0 Å². The maximum absolute atomic E-state index is 12.6. The summed E-state index contributed by atoms with van der Waals surface area (Å²) in [5.41, 5.74) is 2.73. The molecule has 1 aromatic heterocycles. The predicted molar refractivity (Wildman–Crippen MR) is 113 cm³/mol. The first kappa shape index (κ1) is 18.4. The van der Waals surface area contributed by atoms with E-state index in [0.29, 0.717) is 17.3 Å². The van der Waals surface area contributed by atoms with Crippen LogP contribution in [0.4, 0.5) is 5.95 Å². The van der Waals surface area contributed by atoms with Crippen LogP contribution in [0.15, 0.2) is 89.7 Å². The van der Waals surface area contributed by atoms with E-state index >= 15 is 0 Å². The summed E-state index contributed by atoms with van der Waals surface area (Å²) >= 11 is 0. The van der Waals surface area contributed by atoms with Crippen LogP contribution in [0.5, 0.6) is 5.75 Å². The highest BCUT2D eigenvalue weighted by molar-refractivity contribution is 5.59. The molecule has 6 heteroatoms. The Morgan fingerprint density at radius 2 is 1.41 bits per heavy atom. The number of nitrogens with one attached hydrogen (secondary N) is 2. The van der Waals surface area contributed by atoms with Crippen LogP contribution < -0.4 is 15.6 Å². The molecule has 4 aromatic rings. The van der Waals surface area contributed by atoms with E-state index in [4.69, 9.17) is 4.74 Å². The summed E-state index contributed by atoms with van der Waals surface area (Å²) in [5, 5.41) is 11.6. The molecule has 3 aromatic carbocycles. The highest BCUT2D eigenvalue weighted by atomic mass is 16.5. The van der Waals surface area contributed by atoms with Gasteiger partial charge in [0.25, 0.3) is 5.56 Å². The Kier molecular flexibility index (Phi) is 5.33. The van der Waals surface area contributed by atoms with Crippen molar-refractivity contribution in [1.82, 2.24) is 15.2 Å². The third-order valence-electron chi connectivity index (χ3n) is 4.61. The molecule has 0 saturated carbocycles. The minimum absolute atomic E-state index is 0.172. The van der Waals surface area contributed by atoms with Crippen molar-refractivity contribution in [2.45, 2.75) is 6.04 Å². The second-order valence-corrected chi connectivity index (χ2v) is 6.48. The molecule has 0 amide bonds. The number of aromatic nitrogens is 3. The van der Waals surface area contributed by atoms with Crippen molar-refractivity contribution in [3.8, 4) is 17.0 Å². The van der Waals surface area contributed by atoms with Gasteiger partial charge in [0, 0.05) is 5.56 Å². The smallest absolute Gasteiger partial charge is 0.279 e. The van der Waals surface area contributed by atoms with Crippen LogP contribution in [0.2, 0.25) is 0 Å². The Balaban J connectivity index is 1.65.